The molecule has 0 aliphatic rings. The summed E-state index contributed by atoms with van der Waals surface area (Å²) < 4.78 is 24.2. The molecular weight excluding hydrogens is 375 g/mol. The van der Waals surface area contributed by atoms with Crippen molar-refractivity contribution in [3.8, 4) is 17.1 Å². The van der Waals surface area contributed by atoms with Crippen molar-refractivity contribution in [2.45, 2.75) is 0 Å². The van der Waals surface area contributed by atoms with Gasteiger partial charge >= 0.3 is 5.91 Å². The first-order chi connectivity index (χ1) is 13.0. The van der Waals surface area contributed by atoms with Crippen LogP contribution in [-0.4, -0.2) is 18.9 Å². The average molecular weight is 389 g/mol. The highest BCUT2D eigenvalue weighted by atomic mass is 35.5. The number of hydrogen-bond donors (Lipinski definition) is 2. The molecule has 3 aromatic rings. The quantitative estimate of drug-likeness (QED) is 0.666. The third-order valence-corrected chi connectivity index (χ3v) is 3.90. The third-order valence-electron chi connectivity index (χ3n) is 3.66. The molecule has 138 valence electrons. The van der Waals surface area contributed by atoms with Crippen molar-refractivity contribution in [2.24, 2.45) is 0 Å². The summed E-state index contributed by atoms with van der Waals surface area (Å²) in [6.45, 7) is 0. The van der Waals surface area contributed by atoms with Crippen molar-refractivity contribution >= 4 is 23.4 Å². The Labute approximate surface area is 158 Å². The molecule has 1 heterocycles. The van der Waals surface area contributed by atoms with Crippen molar-refractivity contribution in [1.29, 1.82) is 0 Å². The second-order valence-corrected chi connectivity index (χ2v) is 5.83. The number of carbonyl (C=O) groups is 2. The van der Waals surface area contributed by atoms with Gasteiger partial charge in [-0.05, 0) is 42.5 Å². The maximum absolute atomic E-state index is 13.8. The molecule has 27 heavy (non-hydrogen) atoms. The van der Waals surface area contributed by atoms with Crippen molar-refractivity contribution in [2.75, 3.05) is 7.11 Å². The van der Waals surface area contributed by atoms with E-state index in [1.165, 1.54) is 43.5 Å². The molecular formula is C19H14ClFN2O4. The highest BCUT2D eigenvalue weighted by molar-refractivity contribution is 6.31. The lowest BCUT2D eigenvalue weighted by Crippen LogP contribution is -2.41. The first-order valence-corrected chi connectivity index (χ1v) is 8.16. The van der Waals surface area contributed by atoms with Gasteiger partial charge in [0, 0.05) is 5.02 Å². The largest absolute Gasteiger partial charge is 0.496 e. The Bertz CT molecular complexity index is 1000. The molecule has 6 nitrogen and oxygen atoms in total. The van der Waals surface area contributed by atoms with E-state index < -0.39 is 17.6 Å². The third kappa shape index (κ3) is 4.09. The number of furan rings is 1. The van der Waals surface area contributed by atoms with Gasteiger partial charge < -0.3 is 9.15 Å². The molecule has 0 atom stereocenters. The first-order valence-electron chi connectivity index (χ1n) is 7.78. The molecule has 0 fully saturated rings. The minimum absolute atomic E-state index is 0.0911. The predicted octanol–water partition coefficient (Wildman–Crippen LogP) is 3.82. The Morgan fingerprint density at radius 2 is 1.78 bits per heavy atom. The minimum atomic E-state index is -0.702. The Hall–Kier alpha value is -3.32. The van der Waals surface area contributed by atoms with Gasteiger partial charge in [-0.25, -0.2) is 4.39 Å². The summed E-state index contributed by atoms with van der Waals surface area (Å²) in [5, 5.41) is 0.341. The Kier molecular flexibility index (Phi) is 5.42. The van der Waals surface area contributed by atoms with Gasteiger partial charge in [-0.15, -0.1) is 0 Å². The van der Waals surface area contributed by atoms with E-state index in [1.54, 1.807) is 18.2 Å². The number of benzene rings is 2. The number of nitrogens with one attached hydrogen (secondary N) is 2. The monoisotopic (exact) mass is 388 g/mol. The van der Waals surface area contributed by atoms with Gasteiger partial charge in [0.15, 0.2) is 5.76 Å². The fraction of sp³-hybridized carbons (Fsp3) is 0.0526. The number of halogens is 2. The molecule has 0 saturated heterocycles. The minimum Gasteiger partial charge on any atom is -0.496 e. The van der Waals surface area contributed by atoms with E-state index in [2.05, 4.69) is 10.9 Å². The number of rotatable bonds is 4. The van der Waals surface area contributed by atoms with Crippen molar-refractivity contribution in [3.63, 3.8) is 0 Å². The summed E-state index contributed by atoms with van der Waals surface area (Å²) in [6, 6.07) is 13.4. The van der Waals surface area contributed by atoms with Crippen LogP contribution in [0.2, 0.25) is 5.02 Å². The van der Waals surface area contributed by atoms with Crippen LogP contribution in [0.4, 0.5) is 4.39 Å². The molecule has 0 saturated carbocycles. The number of hydrazine groups is 1. The molecule has 0 bridgehead atoms. The molecule has 0 radical (unpaired) electrons. The molecule has 2 amide bonds. The van der Waals surface area contributed by atoms with Crippen LogP contribution in [0.25, 0.3) is 11.3 Å². The predicted molar refractivity (Wildman–Crippen MR) is 97.0 cm³/mol. The maximum atomic E-state index is 13.8. The Balaban J connectivity index is 1.69. The molecule has 8 heteroatoms. The molecule has 2 aromatic carbocycles. The highest BCUT2D eigenvalue weighted by Crippen LogP contribution is 2.25. The van der Waals surface area contributed by atoms with Crippen molar-refractivity contribution < 1.29 is 23.1 Å². The van der Waals surface area contributed by atoms with E-state index in [0.717, 1.165) is 0 Å². The summed E-state index contributed by atoms with van der Waals surface area (Å²) >= 11 is 5.88. The fourth-order valence-electron chi connectivity index (χ4n) is 2.37. The highest BCUT2D eigenvalue weighted by Gasteiger charge is 2.17. The summed E-state index contributed by atoms with van der Waals surface area (Å²) in [6.07, 6.45) is 0. The van der Waals surface area contributed by atoms with E-state index in [-0.39, 0.29) is 22.6 Å². The van der Waals surface area contributed by atoms with Crippen molar-refractivity contribution in [1.82, 2.24) is 10.9 Å². The van der Waals surface area contributed by atoms with Gasteiger partial charge in [-0.1, -0.05) is 23.7 Å². The first kappa shape index (κ1) is 18.5. The van der Waals surface area contributed by atoms with Crippen LogP contribution in [-0.2, 0) is 0 Å². The molecule has 0 aliphatic heterocycles. The lowest BCUT2D eigenvalue weighted by molar-refractivity contribution is 0.0830. The molecule has 0 aliphatic carbocycles. The van der Waals surface area contributed by atoms with Crippen LogP contribution < -0.4 is 15.6 Å². The van der Waals surface area contributed by atoms with Gasteiger partial charge in [0.2, 0.25) is 0 Å². The van der Waals surface area contributed by atoms with Crippen LogP contribution >= 0.6 is 11.6 Å². The van der Waals surface area contributed by atoms with Gasteiger partial charge in [0.25, 0.3) is 5.91 Å². The van der Waals surface area contributed by atoms with Gasteiger partial charge in [0.1, 0.15) is 17.3 Å². The lowest BCUT2D eigenvalue weighted by atomic mass is 10.1. The number of ether oxygens (including phenoxy) is 1. The fourth-order valence-corrected chi connectivity index (χ4v) is 2.54. The zero-order valence-electron chi connectivity index (χ0n) is 14.1. The second-order valence-electron chi connectivity index (χ2n) is 5.40. The SMILES string of the molecule is COc1ccc(Cl)cc1C(=O)NNC(=O)c1ccc(-c2ccccc2F)o1. The molecule has 2 N–H and O–H groups in total. The maximum Gasteiger partial charge on any atom is 0.305 e. The van der Waals surface area contributed by atoms with E-state index in [1.807, 2.05) is 0 Å². The molecule has 3 rings (SSSR count). The van der Waals surface area contributed by atoms with Gasteiger partial charge in [-0.3, -0.25) is 20.4 Å². The van der Waals surface area contributed by atoms with Crippen molar-refractivity contribution in [3.05, 3.63) is 76.8 Å². The summed E-state index contributed by atoms with van der Waals surface area (Å²) in [5.41, 5.74) is 4.85. The zero-order valence-corrected chi connectivity index (χ0v) is 14.8. The molecule has 0 unspecified atom stereocenters. The van der Waals surface area contributed by atoms with E-state index >= 15 is 0 Å². The number of methoxy groups -OCH3 is 1. The van der Waals surface area contributed by atoms with Crippen LogP contribution in [0.1, 0.15) is 20.9 Å². The van der Waals surface area contributed by atoms with E-state index in [9.17, 15) is 14.0 Å². The molecule has 0 spiro atoms. The lowest BCUT2D eigenvalue weighted by Gasteiger charge is -2.10. The normalized spacial score (nSPS) is 10.3. The van der Waals surface area contributed by atoms with Gasteiger partial charge in [-0.2, -0.15) is 0 Å². The topological polar surface area (TPSA) is 80.6 Å². The zero-order chi connectivity index (χ0) is 19.4. The number of amides is 2. The second kappa shape index (κ2) is 7.92. The van der Waals surface area contributed by atoms with Crippen LogP contribution in [0.3, 0.4) is 0 Å². The summed E-state index contributed by atoms with van der Waals surface area (Å²) in [7, 11) is 1.41. The summed E-state index contributed by atoms with van der Waals surface area (Å²) in [5.74, 6) is -1.39. The smallest absolute Gasteiger partial charge is 0.305 e. The molecule has 1 aromatic heterocycles. The number of hydrogen-bond acceptors (Lipinski definition) is 4. The number of carbonyl (C=O) groups excluding carboxylic acids is 2. The van der Waals surface area contributed by atoms with E-state index in [0.29, 0.717) is 10.8 Å². The average Bonchev–Trinajstić information content (AvgIpc) is 3.16. The standard InChI is InChI=1S/C19H14ClFN2O4/c1-26-15-7-6-11(20)10-13(15)18(24)22-23-19(25)17-9-8-16(27-17)12-4-2-3-5-14(12)21/h2-10H,1H3,(H,22,24)(H,23,25). The van der Waals surface area contributed by atoms with Crippen LogP contribution in [0.15, 0.2) is 59.0 Å². The van der Waals surface area contributed by atoms with E-state index in [4.69, 9.17) is 20.8 Å². The van der Waals surface area contributed by atoms with Crippen LogP contribution in [0, 0.1) is 5.82 Å². The summed E-state index contributed by atoms with van der Waals surface area (Å²) in [4.78, 5) is 24.4. The Morgan fingerprint density at radius 1 is 1.04 bits per heavy atom. The Morgan fingerprint density at radius 3 is 2.52 bits per heavy atom. The van der Waals surface area contributed by atoms with Gasteiger partial charge in [0.05, 0.1) is 18.2 Å². The van der Waals surface area contributed by atoms with Crippen LogP contribution in [0.5, 0.6) is 5.75 Å².